The average Bonchev–Trinajstić information content (AvgIpc) is 2.42. The molecule has 0 aliphatic heterocycles. The molecule has 128 valence electrons. The van der Waals surface area contributed by atoms with Gasteiger partial charge in [-0.2, -0.15) is 8.42 Å². The summed E-state index contributed by atoms with van der Waals surface area (Å²) in [4.78, 5) is 0. The van der Waals surface area contributed by atoms with Gasteiger partial charge in [-0.25, -0.2) is 4.18 Å². The Balaban J connectivity index is 0. The van der Waals surface area contributed by atoms with Gasteiger partial charge in [0.05, 0.1) is 6.61 Å². The van der Waals surface area contributed by atoms with Crippen LogP contribution in [0.2, 0.25) is 0 Å². The minimum atomic E-state index is -4.24. The molecule has 0 radical (unpaired) electrons. The monoisotopic (exact) mass is 361 g/mol. The van der Waals surface area contributed by atoms with E-state index >= 15 is 0 Å². The number of hydrogen-bond acceptors (Lipinski definition) is 3. The van der Waals surface area contributed by atoms with Gasteiger partial charge in [0.15, 0.2) is 0 Å². The van der Waals surface area contributed by atoms with Crippen molar-refractivity contribution < 1.29 is 68.5 Å². The summed E-state index contributed by atoms with van der Waals surface area (Å²) in [7, 11) is -4.24. The van der Waals surface area contributed by atoms with Crippen molar-refractivity contribution in [1.29, 1.82) is 0 Å². The maximum atomic E-state index is 10.3. The first-order valence-electron chi connectivity index (χ1n) is 8.68. The van der Waals surface area contributed by atoms with E-state index in [-0.39, 0.29) is 58.0 Å². The first kappa shape index (κ1) is 25.7. The summed E-state index contributed by atoms with van der Waals surface area (Å²) in [6.07, 6.45) is 17.6. The fourth-order valence-corrected chi connectivity index (χ4v) is 2.79. The van der Waals surface area contributed by atoms with Crippen LogP contribution in [0.15, 0.2) is 0 Å². The summed E-state index contributed by atoms with van der Waals surface area (Å²) in [5.74, 6) is 0. The second-order valence-corrected chi connectivity index (χ2v) is 6.94. The van der Waals surface area contributed by atoms with Crippen molar-refractivity contribution in [3.8, 4) is 0 Å². The molecule has 1 N–H and O–H groups in total. The predicted molar refractivity (Wildman–Crippen MR) is 87.8 cm³/mol. The van der Waals surface area contributed by atoms with Crippen LogP contribution in [-0.2, 0) is 14.6 Å². The third-order valence-corrected chi connectivity index (χ3v) is 4.19. The van der Waals surface area contributed by atoms with E-state index in [2.05, 4.69) is 11.1 Å². The van der Waals surface area contributed by atoms with E-state index in [4.69, 9.17) is 4.55 Å². The van der Waals surface area contributed by atoms with Crippen molar-refractivity contribution >= 4 is 10.4 Å². The molecule has 22 heavy (non-hydrogen) atoms. The first-order valence-corrected chi connectivity index (χ1v) is 10.0. The minimum absolute atomic E-state index is 0. The molecule has 0 aromatic rings. The number of hydrogen-bond donors (Lipinski definition) is 1. The average molecular weight is 362 g/mol. The third kappa shape index (κ3) is 23.8. The molecule has 0 unspecified atom stereocenters. The Labute approximate surface area is 180 Å². The molecule has 0 aliphatic carbocycles. The van der Waals surface area contributed by atoms with Gasteiger partial charge in [-0.3, -0.25) is 4.55 Å². The SMILES string of the molecule is CCCCCCCCCCCCCCCCOS(=O)(=O)O.[K+]. The van der Waals surface area contributed by atoms with Crippen molar-refractivity contribution in [3.63, 3.8) is 0 Å². The molecular formula is C16H34KO4S+. The second-order valence-electron chi connectivity index (χ2n) is 5.85. The molecular weight excluding hydrogens is 327 g/mol. The minimum Gasteiger partial charge on any atom is -0.264 e. The summed E-state index contributed by atoms with van der Waals surface area (Å²) < 4.78 is 33.2. The van der Waals surface area contributed by atoms with E-state index in [0.29, 0.717) is 6.42 Å². The van der Waals surface area contributed by atoms with Crippen molar-refractivity contribution in [2.24, 2.45) is 0 Å². The van der Waals surface area contributed by atoms with Gasteiger partial charge in [-0.1, -0.05) is 90.4 Å². The first-order chi connectivity index (χ1) is 10.1. The molecule has 0 bridgehead atoms. The molecule has 0 rings (SSSR count). The van der Waals surface area contributed by atoms with E-state index in [1.54, 1.807) is 0 Å². The van der Waals surface area contributed by atoms with Gasteiger partial charge in [-0.15, -0.1) is 0 Å². The van der Waals surface area contributed by atoms with Crippen molar-refractivity contribution in [2.45, 2.75) is 96.8 Å². The standard InChI is InChI=1S/C16H34O4S.K/c1-2-3-4-5-6-7-8-9-10-11-12-13-14-15-16-20-21(17,18)19;/h2-16H2,1H3,(H,17,18,19);/q;+1. The Hall–Kier alpha value is 1.51. The van der Waals surface area contributed by atoms with Crippen molar-refractivity contribution in [2.75, 3.05) is 6.61 Å². The predicted octanol–water partition coefficient (Wildman–Crippen LogP) is 2.29. The van der Waals surface area contributed by atoms with Crippen molar-refractivity contribution in [1.82, 2.24) is 0 Å². The smallest absolute Gasteiger partial charge is 0.264 e. The molecule has 0 saturated heterocycles. The fourth-order valence-electron chi connectivity index (χ4n) is 2.46. The van der Waals surface area contributed by atoms with E-state index in [1.165, 1.54) is 70.6 Å². The van der Waals surface area contributed by atoms with Gasteiger partial charge in [0, 0.05) is 0 Å². The number of unbranched alkanes of at least 4 members (excludes halogenated alkanes) is 13. The van der Waals surface area contributed by atoms with Crippen LogP contribution in [-0.4, -0.2) is 19.6 Å². The molecule has 0 aromatic heterocycles. The maximum absolute atomic E-state index is 10.3. The summed E-state index contributed by atoms with van der Waals surface area (Å²) in [5, 5.41) is 0. The molecule has 0 fully saturated rings. The van der Waals surface area contributed by atoms with Crippen LogP contribution in [0.5, 0.6) is 0 Å². The Kier molecular flexibility index (Phi) is 22.0. The Morgan fingerprint density at radius 1 is 0.682 bits per heavy atom. The molecule has 0 saturated carbocycles. The molecule has 0 heterocycles. The molecule has 0 aliphatic rings. The van der Waals surface area contributed by atoms with Gasteiger partial charge in [0.2, 0.25) is 0 Å². The van der Waals surface area contributed by atoms with Gasteiger partial charge < -0.3 is 0 Å². The Bertz CT molecular complexity index is 307. The van der Waals surface area contributed by atoms with E-state index < -0.39 is 10.4 Å². The van der Waals surface area contributed by atoms with E-state index in [0.717, 1.165) is 12.8 Å². The van der Waals surface area contributed by atoms with E-state index in [1.807, 2.05) is 0 Å². The van der Waals surface area contributed by atoms with Gasteiger partial charge in [-0.05, 0) is 6.42 Å². The van der Waals surface area contributed by atoms with Gasteiger partial charge in [0.25, 0.3) is 0 Å². The van der Waals surface area contributed by atoms with Gasteiger partial charge >= 0.3 is 61.8 Å². The van der Waals surface area contributed by atoms with Crippen LogP contribution >= 0.6 is 0 Å². The van der Waals surface area contributed by atoms with Crippen LogP contribution in [0.4, 0.5) is 0 Å². The summed E-state index contributed by atoms with van der Waals surface area (Å²) in [5.41, 5.74) is 0. The zero-order valence-electron chi connectivity index (χ0n) is 14.7. The quantitative estimate of drug-likeness (QED) is 0.260. The molecule has 0 amide bonds. The Morgan fingerprint density at radius 2 is 1.00 bits per heavy atom. The molecule has 0 spiro atoms. The molecule has 4 nitrogen and oxygen atoms in total. The maximum Gasteiger partial charge on any atom is 1.00 e. The normalized spacial score (nSPS) is 11.4. The third-order valence-electron chi connectivity index (χ3n) is 3.73. The van der Waals surface area contributed by atoms with E-state index in [9.17, 15) is 8.42 Å². The van der Waals surface area contributed by atoms with Crippen LogP contribution in [0.1, 0.15) is 96.8 Å². The van der Waals surface area contributed by atoms with Crippen molar-refractivity contribution in [3.05, 3.63) is 0 Å². The molecule has 0 atom stereocenters. The molecule has 6 heteroatoms. The summed E-state index contributed by atoms with van der Waals surface area (Å²) in [6, 6.07) is 0. The summed E-state index contributed by atoms with van der Waals surface area (Å²) in [6.45, 7) is 2.35. The largest absolute Gasteiger partial charge is 1.00 e. The summed E-state index contributed by atoms with van der Waals surface area (Å²) >= 11 is 0. The Morgan fingerprint density at radius 3 is 1.32 bits per heavy atom. The fraction of sp³-hybridized carbons (Fsp3) is 1.00. The zero-order valence-corrected chi connectivity index (χ0v) is 18.6. The molecule has 0 aromatic carbocycles. The topological polar surface area (TPSA) is 63.6 Å². The number of rotatable bonds is 16. The van der Waals surface area contributed by atoms with Crippen LogP contribution in [0.3, 0.4) is 0 Å². The second kappa shape index (κ2) is 18.8. The van der Waals surface area contributed by atoms with Gasteiger partial charge in [0.1, 0.15) is 0 Å². The van der Waals surface area contributed by atoms with Crippen LogP contribution in [0.25, 0.3) is 0 Å². The van der Waals surface area contributed by atoms with Crippen LogP contribution in [0, 0.1) is 0 Å². The zero-order chi connectivity index (χ0) is 15.8. The van der Waals surface area contributed by atoms with Crippen LogP contribution < -0.4 is 51.4 Å².